The van der Waals surface area contributed by atoms with Crippen molar-refractivity contribution in [3.05, 3.63) is 34.6 Å². The quantitative estimate of drug-likeness (QED) is 0.757. The topological polar surface area (TPSA) is 12.0 Å². The Bertz CT molecular complexity index is 400. The molecule has 0 unspecified atom stereocenters. The third kappa shape index (κ3) is 4.77. The maximum atomic E-state index is 13.5. The molecule has 1 aromatic rings. The van der Waals surface area contributed by atoms with Crippen LogP contribution in [0.25, 0.3) is 0 Å². The third-order valence-corrected chi connectivity index (χ3v) is 4.25. The summed E-state index contributed by atoms with van der Waals surface area (Å²) in [6.07, 6.45) is 3.04. The van der Waals surface area contributed by atoms with Gasteiger partial charge in [-0.15, -0.1) is 0 Å². The molecule has 1 N–H and O–H groups in total. The van der Waals surface area contributed by atoms with E-state index in [1.54, 1.807) is 12.1 Å². The molecule has 0 aromatic heterocycles. The summed E-state index contributed by atoms with van der Waals surface area (Å²) in [4.78, 5) is 0. The van der Waals surface area contributed by atoms with Gasteiger partial charge in [-0.1, -0.05) is 45.4 Å². The molecule has 0 spiro atoms. The van der Waals surface area contributed by atoms with Crippen LogP contribution in [0.15, 0.2) is 18.2 Å². The van der Waals surface area contributed by atoms with Gasteiger partial charge in [0.1, 0.15) is 5.82 Å². The van der Waals surface area contributed by atoms with E-state index in [-0.39, 0.29) is 16.3 Å². The Morgan fingerprint density at radius 3 is 2.37 bits per heavy atom. The Labute approximate surface area is 121 Å². The van der Waals surface area contributed by atoms with Crippen LogP contribution in [0.4, 0.5) is 4.39 Å². The lowest BCUT2D eigenvalue weighted by molar-refractivity contribution is 0.239. The smallest absolute Gasteiger partial charge is 0.142 e. The first kappa shape index (κ1) is 16.5. The summed E-state index contributed by atoms with van der Waals surface area (Å²) in [6.45, 7) is 9.67. The molecule has 0 fully saturated rings. The van der Waals surface area contributed by atoms with E-state index < -0.39 is 0 Å². The van der Waals surface area contributed by atoms with Crippen LogP contribution in [0.1, 0.15) is 46.1 Å². The maximum absolute atomic E-state index is 13.5. The molecule has 0 radical (unpaired) electrons. The lowest BCUT2D eigenvalue weighted by Crippen LogP contribution is -2.38. The molecule has 1 nitrogen and oxygen atoms in total. The number of hydrogen-bond donors (Lipinski definition) is 1. The van der Waals surface area contributed by atoms with Gasteiger partial charge in [-0.05, 0) is 42.4 Å². The van der Waals surface area contributed by atoms with E-state index in [0.717, 1.165) is 31.4 Å². The van der Waals surface area contributed by atoms with Gasteiger partial charge in [0.05, 0.1) is 5.02 Å². The molecule has 0 atom stereocenters. The minimum Gasteiger partial charge on any atom is -0.314 e. The monoisotopic (exact) mass is 285 g/mol. The highest BCUT2D eigenvalue weighted by Crippen LogP contribution is 2.31. The first-order valence-electron chi connectivity index (χ1n) is 7.09. The maximum Gasteiger partial charge on any atom is 0.142 e. The number of nitrogens with one attached hydrogen (secondary N) is 1. The molecule has 0 heterocycles. The van der Waals surface area contributed by atoms with Gasteiger partial charge in [0, 0.05) is 12.6 Å². The molecule has 0 saturated carbocycles. The summed E-state index contributed by atoms with van der Waals surface area (Å²) >= 11 is 5.74. The van der Waals surface area contributed by atoms with Crippen LogP contribution >= 0.6 is 11.6 Å². The van der Waals surface area contributed by atoms with Gasteiger partial charge < -0.3 is 5.32 Å². The summed E-state index contributed by atoms with van der Waals surface area (Å²) in [7, 11) is 0. The van der Waals surface area contributed by atoms with Gasteiger partial charge >= 0.3 is 0 Å². The van der Waals surface area contributed by atoms with Gasteiger partial charge in [-0.2, -0.15) is 0 Å². The first-order valence-corrected chi connectivity index (χ1v) is 7.47. The Hall–Kier alpha value is -0.600. The second kappa shape index (κ2) is 7.25. The zero-order valence-corrected chi connectivity index (χ0v) is 13.1. The minimum atomic E-state index is -0.322. The van der Waals surface area contributed by atoms with Gasteiger partial charge in [-0.3, -0.25) is 0 Å². The molecule has 0 aliphatic carbocycles. The number of hydrogen-bond acceptors (Lipinski definition) is 1. The van der Waals surface area contributed by atoms with E-state index in [1.807, 2.05) is 6.07 Å². The molecule has 0 amide bonds. The Morgan fingerprint density at radius 2 is 1.89 bits per heavy atom. The third-order valence-electron chi connectivity index (χ3n) is 3.95. The Morgan fingerprint density at radius 1 is 1.26 bits per heavy atom. The Kier molecular flexibility index (Phi) is 6.28. The van der Waals surface area contributed by atoms with Crippen molar-refractivity contribution in [1.29, 1.82) is 0 Å². The van der Waals surface area contributed by atoms with Crippen LogP contribution in [0.3, 0.4) is 0 Å². The van der Waals surface area contributed by atoms with Crippen LogP contribution in [-0.4, -0.2) is 12.6 Å². The van der Waals surface area contributed by atoms with Crippen molar-refractivity contribution in [2.24, 2.45) is 5.41 Å². The standard InChI is InChI=1S/C16H25ClFN/c1-5-16(6-2,11-19-12(3)4)10-13-7-8-14(17)15(18)9-13/h7-9,12,19H,5-6,10-11H2,1-4H3. The molecule has 19 heavy (non-hydrogen) atoms. The van der Waals surface area contributed by atoms with Gasteiger partial charge in [-0.25, -0.2) is 4.39 Å². The number of halogens is 2. The predicted molar refractivity (Wildman–Crippen MR) is 81.3 cm³/mol. The fourth-order valence-corrected chi connectivity index (χ4v) is 2.43. The van der Waals surface area contributed by atoms with Crippen LogP contribution < -0.4 is 5.32 Å². The molecule has 0 aliphatic rings. The lowest BCUT2D eigenvalue weighted by Gasteiger charge is -2.33. The lowest BCUT2D eigenvalue weighted by atomic mass is 9.76. The van der Waals surface area contributed by atoms with E-state index in [0.29, 0.717) is 6.04 Å². The highest BCUT2D eigenvalue weighted by molar-refractivity contribution is 6.30. The van der Waals surface area contributed by atoms with Crippen LogP contribution in [-0.2, 0) is 6.42 Å². The second-order valence-corrected chi connectivity index (χ2v) is 6.08. The predicted octanol–water partition coefficient (Wildman–Crippen LogP) is 4.83. The second-order valence-electron chi connectivity index (χ2n) is 5.67. The molecule has 0 saturated heterocycles. The Balaban J connectivity index is 2.84. The zero-order valence-electron chi connectivity index (χ0n) is 12.4. The van der Waals surface area contributed by atoms with E-state index in [4.69, 9.17) is 11.6 Å². The first-order chi connectivity index (χ1) is 8.92. The number of benzene rings is 1. The summed E-state index contributed by atoms with van der Waals surface area (Å²) < 4.78 is 13.5. The average Bonchev–Trinajstić information content (AvgIpc) is 2.39. The van der Waals surface area contributed by atoms with Crippen molar-refractivity contribution in [3.8, 4) is 0 Å². The van der Waals surface area contributed by atoms with Crippen LogP contribution in [0, 0.1) is 11.2 Å². The van der Waals surface area contributed by atoms with Crippen molar-refractivity contribution < 1.29 is 4.39 Å². The fraction of sp³-hybridized carbons (Fsp3) is 0.625. The van der Waals surface area contributed by atoms with Crippen molar-refractivity contribution in [1.82, 2.24) is 5.32 Å². The van der Waals surface area contributed by atoms with Crippen molar-refractivity contribution in [2.75, 3.05) is 6.54 Å². The normalized spacial score (nSPS) is 12.2. The molecule has 1 rings (SSSR count). The average molecular weight is 286 g/mol. The number of rotatable bonds is 7. The molecule has 1 aromatic carbocycles. The molecule has 0 bridgehead atoms. The van der Waals surface area contributed by atoms with Gasteiger partial charge in [0.15, 0.2) is 0 Å². The molecule has 3 heteroatoms. The fourth-order valence-electron chi connectivity index (χ4n) is 2.32. The highest BCUT2D eigenvalue weighted by Gasteiger charge is 2.26. The van der Waals surface area contributed by atoms with Gasteiger partial charge in [0.25, 0.3) is 0 Å². The SMILES string of the molecule is CCC(CC)(CNC(C)C)Cc1ccc(Cl)c(F)c1. The van der Waals surface area contributed by atoms with E-state index in [2.05, 4.69) is 33.0 Å². The zero-order chi connectivity index (χ0) is 14.5. The minimum absolute atomic E-state index is 0.185. The van der Waals surface area contributed by atoms with Crippen LogP contribution in [0.2, 0.25) is 5.02 Å². The highest BCUT2D eigenvalue weighted by atomic mass is 35.5. The van der Waals surface area contributed by atoms with Crippen LogP contribution in [0.5, 0.6) is 0 Å². The summed E-state index contributed by atoms with van der Waals surface area (Å²) in [5.41, 5.74) is 1.21. The molecular formula is C16H25ClFN. The van der Waals surface area contributed by atoms with E-state index >= 15 is 0 Å². The van der Waals surface area contributed by atoms with Crippen molar-refractivity contribution in [2.45, 2.75) is 53.0 Å². The summed E-state index contributed by atoms with van der Waals surface area (Å²) in [5, 5.41) is 3.71. The molecule has 108 valence electrons. The van der Waals surface area contributed by atoms with Gasteiger partial charge in [0.2, 0.25) is 0 Å². The van der Waals surface area contributed by atoms with E-state index in [1.165, 1.54) is 0 Å². The van der Waals surface area contributed by atoms with Crippen molar-refractivity contribution >= 4 is 11.6 Å². The summed E-state index contributed by atoms with van der Waals surface area (Å²) in [5.74, 6) is -0.322. The molecular weight excluding hydrogens is 261 g/mol. The molecule has 0 aliphatic heterocycles. The largest absolute Gasteiger partial charge is 0.314 e. The van der Waals surface area contributed by atoms with E-state index in [9.17, 15) is 4.39 Å². The van der Waals surface area contributed by atoms with Crippen molar-refractivity contribution in [3.63, 3.8) is 0 Å². The summed E-state index contributed by atoms with van der Waals surface area (Å²) in [6, 6.07) is 5.62.